The van der Waals surface area contributed by atoms with Gasteiger partial charge in [0.15, 0.2) is 12.6 Å². The summed E-state index contributed by atoms with van der Waals surface area (Å²) in [6.07, 6.45) is 0.959. The molecule has 1 unspecified atom stereocenters. The van der Waals surface area contributed by atoms with E-state index in [2.05, 4.69) is 29.7 Å². The quantitative estimate of drug-likeness (QED) is 0.622. The summed E-state index contributed by atoms with van der Waals surface area (Å²) < 4.78 is 0. The Morgan fingerprint density at radius 1 is 1.04 bits per heavy atom. The topological polar surface area (TPSA) is 62.6 Å². The van der Waals surface area contributed by atoms with Gasteiger partial charge in [0.05, 0.1) is 7.05 Å². The van der Waals surface area contributed by atoms with Crippen LogP contribution in [0, 0.1) is 6.92 Å². The van der Waals surface area contributed by atoms with E-state index < -0.39 is 0 Å². The predicted molar refractivity (Wildman–Crippen MR) is 114 cm³/mol. The third kappa shape index (κ3) is 6.50. The Hall–Kier alpha value is -2.66. The molecule has 0 spiro atoms. The van der Waals surface area contributed by atoms with Crippen LogP contribution in [0.4, 0.5) is 5.69 Å². The van der Waals surface area contributed by atoms with Gasteiger partial charge in [0.1, 0.15) is 0 Å². The highest BCUT2D eigenvalue weighted by atomic mass is 16.2. The van der Waals surface area contributed by atoms with Crippen LogP contribution >= 0.6 is 0 Å². The molecule has 0 aromatic heterocycles. The first-order valence-corrected chi connectivity index (χ1v) is 9.92. The van der Waals surface area contributed by atoms with Gasteiger partial charge in [-0.25, -0.2) is 0 Å². The Labute approximate surface area is 168 Å². The van der Waals surface area contributed by atoms with Gasteiger partial charge in [-0.2, -0.15) is 0 Å². The lowest BCUT2D eigenvalue weighted by molar-refractivity contribution is -0.885. The van der Waals surface area contributed by atoms with Crippen molar-refractivity contribution in [3.8, 4) is 0 Å². The number of rotatable bonds is 9. The number of likely N-dealkylation sites (N-methyl/N-ethyl adjacent to an activating group) is 1. The number of amides is 2. The molecule has 2 aromatic carbocycles. The van der Waals surface area contributed by atoms with Crippen molar-refractivity contribution in [1.82, 2.24) is 5.32 Å². The van der Waals surface area contributed by atoms with E-state index >= 15 is 0 Å². The lowest BCUT2D eigenvalue weighted by atomic mass is 9.96. The summed E-state index contributed by atoms with van der Waals surface area (Å²) in [6.45, 7) is 6.82. The lowest BCUT2D eigenvalue weighted by Crippen LogP contribution is -3.15. The molecule has 0 aliphatic carbocycles. The highest BCUT2D eigenvalue weighted by Gasteiger charge is 2.24. The maximum Gasteiger partial charge on any atom is 0.279 e. The van der Waals surface area contributed by atoms with E-state index in [1.54, 1.807) is 0 Å². The number of anilines is 1. The van der Waals surface area contributed by atoms with Crippen LogP contribution in [-0.4, -0.2) is 38.0 Å². The second-order valence-electron chi connectivity index (χ2n) is 7.42. The number of hydrogen-bond acceptors (Lipinski definition) is 2. The molecule has 5 heteroatoms. The molecule has 0 heterocycles. The number of hydrogen-bond donors (Lipinski definition) is 3. The Balaban J connectivity index is 1.82. The fourth-order valence-corrected chi connectivity index (χ4v) is 3.07. The van der Waals surface area contributed by atoms with E-state index in [1.165, 1.54) is 5.56 Å². The van der Waals surface area contributed by atoms with E-state index in [0.29, 0.717) is 12.5 Å². The molecule has 2 amide bonds. The van der Waals surface area contributed by atoms with E-state index in [-0.39, 0.29) is 24.4 Å². The van der Waals surface area contributed by atoms with Crippen LogP contribution < -0.4 is 15.5 Å². The monoisotopic (exact) mass is 382 g/mol. The number of benzene rings is 2. The van der Waals surface area contributed by atoms with Gasteiger partial charge in [0, 0.05) is 18.2 Å². The third-order valence-electron chi connectivity index (χ3n) is 5.19. The summed E-state index contributed by atoms with van der Waals surface area (Å²) in [6, 6.07) is 17.6. The van der Waals surface area contributed by atoms with E-state index in [4.69, 9.17) is 0 Å². The summed E-state index contributed by atoms with van der Waals surface area (Å²) >= 11 is 0. The van der Waals surface area contributed by atoms with Crippen molar-refractivity contribution < 1.29 is 14.5 Å². The maximum absolute atomic E-state index is 12.5. The Morgan fingerprint density at radius 3 is 2.29 bits per heavy atom. The first-order chi connectivity index (χ1) is 13.4. The number of carbonyl (C=O) groups is 2. The van der Waals surface area contributed by atoms with Crippen molar-refractivity contribution in [2.24, 2.45) is 0 Å². The lowest BCUT2D eigenvalue weighted by Gasteiger charge is -2.22. The van der Waals surface area contributed by atoms with Crippen LogP contribution in [0.2, 0.25) is 0 Å². The molecule has 0 aliphatic rings. The van der Waals surface area contributed by atoms with Gasteiger partial charge >= 0.3 is 0 Å². The minimum Gasteiger partial charge on any atom is -0.350 e. The summed E-state index contributed by atoms with van der Waals surface area (Å²) in [5, 5.41) is 5.93. The second kappa shape index (κ2) is 10.6. The fourth-order valence-electron chi connectivity index (χ4n) is 3.07. The average molecular weight is 383 g/mol. The van der Waals surface area contributed by atoms with Gasteiger partial charge in [-0.05, 0) is 38.0 Å². The van der Waals surface area contributed by atoms with Crippen molar-refractivity contribution in [3.63, 3.8) is 0 Å². The van der Waals surface area contributed by atoms with Crippen molar-refractivity contribution >= 4 is 17.5 Å². The molecule has 0 radical (unpaired) electrons. The predicted octanol–water partition coefficient (Wildman–Crippen LogP) is 2.15. The molecule has 0 saturated heterocycles. The zero-order chi connectivity index (χ0) is 20.5. The van der Waals surface area contributed by atoms with Crippen molar-refractivity contribution in [1.29, 1.82) is 0 Å². The van der Waals surface area contributed by atoms with E-state index in [9.17, 15) is 9.59 Å². The van der Waals surface area contributed by atoms with Gasteiger partial charge < -0.3 is 15.5 Å². The van der Waals surface area contributed by atoms with Crippen LogP contribution in [0.1, 0.15) is 37.3 Å². The summed E-state index contributed by atoms with van der Waals surface area (Å²) in [5.74, 6) is 0.161. The molecule has 3 atom stereocenters. The third-order valence-corrected chi connectivity index (χ3v) is 5.19. The zero-order valence-corrected chi connectivity index (χ0v) is 17.3. The standard InChI is InChI=1S/C23H31N3O2/c1-5-19(20-9-7-6-8-10-20)15-24-23(28)18(3)26(4)16-22(27)25-21-13-11-17(2)12-14-21/h6-14,18-19H,5,15-16H2,1-4H3,(H,24,28)(H,25,27)/p+1/t18-,19-/m1/s1. The SMILES string of the molecule is CC[C@H](CNC(=O)[C@@H](C)[NH+](C)CC(=O)Nc1ccc(C)cc1)c1ccccc1. The summed E-state index contributed by atoms with van der Waals surface area (Å²) in [4.78, 5) is 25.7. The van der Waals surface area contributed by atoms with Crippen LogP contribution in [-0.2, 0) is 9.59 Å². The van der Waals surface area contributed by atoms with E-state index in [1.807, 2.05) is 63.4 Å². The van der Waals surface area contributed by atoms with E-state index in [0.717, 1.165) is 22.6 Å². The first kappa shape index (κ1) is 21.6. The Bertz CT molecular complexity index is 759. The largest absolute Gasteiger partial charge is 0.350 e. The highest BCUT2D eigenvalue weighted by molar-refractivity contribution is 5.91. The number of carbonyl (C=O) groups excluding carboxylic acids is 2. The molecule has 2 rings (SSSR count). The summed E-state index contributed by atoms with van der Waals surface area (Å²) in [5.41, 5.74) is 3.15. The van der Waals surface area contributed by atoms with Gasteiger partial charge in [-0.3, -0.25) is 9.59 Å². The minimum absolute atomic E-state index is 0.0324. The number of nitrogens with one attached hydrogen (secondary N) is 3. The molecule has 28 heavy (non-hydrogen) atoms. The minimum atomic E-state index is -0.308. The van der Waals surface area contributed by atoms with Gasteiger partial charge in [-0.1, -0.05) is 55.0 Å². The molecular weight excluding hydrogens is 350 g/mol. The van der Waals surface area contributed by atoms with Gasteiger partial charge in [-0.15, -0.1) is 0 Å². The molecule has 2 aromatic rings. The smallest absolute Gasteiger partial charge is 0.279 e. The Kier molecular flexibility index (Phi) is 8.20. The number of aryl methyl sites for hydroxylation is 1. The Morgan fingerprint density at radius 2 is 1.68 bits per heavy atom. The summed E-state index contributed by atoms with van der Waals surface area (Å²) in [7, 11) is 1.87. The highest BCUT2D eigenvalue weighted by Crippen LogP contribution is 2.17. The van der Waals surface area contributed by atoms with Crippen LogP contribution in [0.5, 0.6) is 0 Å². The molecule has 0 fully saturated rings. The number of quaternary nitrogens is 1. The molecular formula is C23H32N3O2+. The molecule has 0 aliphatic heterocycles. The first-order valence-electron chi connectivity index (χ1n) is 9.92. The molecule has 0 bridgehead atoms. The second-order valence-corrected chi connectivity index (χ2v) is 7.42. The van der Waals surface area contributed by atoms with Crippen molar-refractivity contribution in [2.45, 2.75) is 39.2 Å². The molecule has 0 saturated carbocycles. The zero-order valence-electron chi connectivity index (χ0n) is 17.3. The average Bonchev–Trinajstić information content (AvgIpc) is 2.70. The van der Waals surface area contributed by atoms with Crippen LogP contribution in [0.15, 0.2) is 54.6 Å². The van der Waals surface area contributed by atoms with Gasteiger partial charge in [0.2, 0.25) is 0 Å². The molecule has 150 valence electrons. The molecule has 3 N–H and O–H groups in total. The van der Waals surface area contributed by atoms with Crippen LogP contribution in [0.25, 0.3) is 0 Å². The maximum atomic E-state index is 12.5. The van der Waals surface area contributed by atoms with Crippen molar-refractivity contribution in [3.05, 3.63) is 65.7 Å². The normalized spacial score (nSPS) is 14.0. The van der Waals surface area contributed by atoms with Crippen molar-refractivity contribution in [2.75, 3.05) is 25.5 Å². The molecule has 5 nitrogen and oxygen atoms in total. The fraction of sp³-hybridized carbons (Fsp3) is 0.391. The van der Waals surface area contributed by atoms with Gasteiger partial charge in [0.25, 0.3) is 11.8 Å². The van der Waals surface area contributed by atoms with Crippen LogP contribution in [0.3, 0.4) is 0 Å².